The Hall–Kier alpha value is -2.52. The van der Waals surface area contributed by atoms with Crippen LogP contribution in [0.25, 0.3) is 11.1 Å². The van der Waals surface area contributed by atoms with Gasteiger partial charge in [-0.1, -0.05) is 6.07 Å². The van der Waals surface area contributed by atoms with Crippen LogP contribution >= 0.6 is 0 Å². The van der Waals surface area contributed by atoms with Crippen molar-refractivity contribution >= 4 is 11.7 Å². The summed E-state index contributed by atoms with van der Waals surface area (Å²) in [5.41, 5.74) is 4.71. The first-order valence-electron chi connectivity index (χ1n) is 10.9. The number of fused-ring (bicyclic) bond motifs is 1. The molecule has 2 saturated heterocycles. The topological polar surface area (TPSA) is 84.2 Å². The second kappa shape index (κ2) is 8.55. The number of carbonyl (C=O) groups is 1. The average Bonchev–Trinajstić information content (AvgIpc) is 3.42. The number of methoxy groups -OCH3 is 1. The van der Waals surface area contributed by atoms with E-state index in [9.17, 15) is 4.79 Å². The minimum atomic E-state index is -0.384. The van der Waals surface area contributed by atoms with Crippen molar-refractivity contribution < 1.29 is 14.3 Å². The lowest BCUT2D eigenvalue weighted by molar-refractivity contribution is 0.0414. The van der Waals surface area contributed by atoms with Crippen LogP contribution in [0.4, 0.5) is 5.69 Å². The van der Waals surface area contributed by atoms with Gasteiger partial charge in [-0.05, 0) is 48.6 Å². The zero-order chi connectivity index (χ0) is 21.4. The monoisotopic (exact) mass is 423 g/mol. The molecule has 2 N–H and O–H groups in total. The molecule has 1 aromatic heterocycles. The molecule has 2 fully saturated rings. The van der Waals surface area contributed by atoms with Crippen molar-refractivity contribution in [3.63, 3.8) is 0 Å². The Morgan fingerprint density at radius 3 is 2.77 bits per heavy atom. The SMILES string of the molecule is COC(=O)c1cncc(-c2ccc3c(c2)CN(N)N3C2CCN(C3CCOCC3)C2)c1. The van der Waals surface area contributed by atoms with Crippen LogP contribution < -0.4 is 10.9 Å². The summed E-state index contributed by atoms with van der Waals surface area (Å²) in [5.74, 6) is 6.07. The zero-order valence-corrected chi connectivity index (χ0v) is 17.9. The normalized spacial score (nSPS) is 22.6. The molecule has 0 amide bonds. The number of nitrogens with zero attached hydrogens (tertiary/aromatic N) is 4. The number of esters is 1. The van der Waals surface area contributed by atoms with Crippen LogP contribution in [-0.4, -0.2) is 66.5 Å². The third-order valence-corrected chi connectivity index (χ3v) is 6.68. The number of nitrogens with two attached hydrogens (primary N) is 1. The lowest BCUT2D eigenvalue weighted by atomic mass is 10.0. The number of anilines is 1. The molecule has 0 spiro atoms. The van der Waals surface area contributed by atoms with Gasteiger partial charge >= 0.3 is 5.97 Å². The number of hydrogen-bond acceptors (Lipinski definition) is 8. The molecule has 1 atom stereocenters. The Morgan fingerprint density at radius 1 is 1.13 bits per heavy atom. The van der Waals surface area contributed by atoms with Gasteiger partial charge in [-0.25, -0.2) is 4.79 Å². The fourth-order valence-corrected chi connectivity index (χ4v) is 5.09. The number of benzene rings is 1. The van der Waals surface area contributed by atoms with Gasteiger partial charge in [0.1, 0.15) is 0 Å². The second-order valence-electron chi connectivity index (χ2n) is 8.52. The first-order chi connectivity index (χ1) is 15.1. The van der Waals surface area contributed by atoms with Crippen LogP contribution in [0, 0.1) is 0 Å². The van der Waals surface area contributed by atoms with Gasteiger partial charge in [0.05, 0.1) is 30.9 Å². The maximum atomic E-state index is 11.9. The molecule has 1 aromatic carbocycles. The van der Waals surface area contributed by atoms with Crippen LogP contribution in [0.2, 0.25) is 0 Å². The highest BCUT2D eigenvalue weighted by molar-refractivity contribution is 5.90. The van der Waals surface area contributed by atoms with E-state index in [1.54, 1.807) is 6.20 Å². The van der Waals surface area contributed by atoms with E-state index < -0.39 is 0 Å². The fraction of sp³-hybridized carbons (Fsp3) is 0.478. The van der Waals surface area contributed by atoms with Gasteiger partial charge in [0.25, 0.3) is 0 Å². The minimum Gasteiger partial charge on any atom is -0.465 e. The van der Waals surface area contributed by atoms with E-state index >= 15 is 0 Å². The first kappa shape index (κ1) is 20.4. The molecule has 0 radical (unpaired) electrons. The minimum absolute atomic E-state index is 0.379. The number of aromatic nitrogens is 1. The molecule has 5 rings (SSSR count). The summed E-state index contributed by atoms with van der Waals surface area (Å²) in [6, 6.07) is 9.19. The quantitative estimate of drug-likeness (QED) is 0.592. The fourth-order valence-electron chi connectivity index (χ4n) is 5.09. The molecule has 8 nitrogen and oxygen atoms in total. The van der Waals surface area contributed by atoms with E-state index in [0.717, 1.165) is 56.7 Å². The molecule has 3 aliphatic heterocycles. The molecule has 0 aliphatic carbocycles. The predicted octanol–water partition coefficient (Wildman–Crippen LogP) is 2.20. The summed E-state index contributed by atoms with van der Waals surface area (Å²) in [6.07, 6.45) is 6.65. The number of rotatable bonds is 4. The van der Waals surface area contributed by atoms with Crippen LogP contribution in [-0.2, 0) is 16.0 Å². The van der Waals surface area contributed by atoms with Crippen molar-refractivity contribution in [2.24, 2.45) is 5.84 Å². The Balaban J connectivity index is 1.35. The van der Waals surface area contributed by atoms with Gasteiger partial charge in [0.2, 0.25) is 0 Å². The summed E-state index contributed by atoms with van der Waals surface area (Å²) >= 11 is 0. The Labute approximate surface area is 182 Å². The van der Waals surface area contributed by atoms with Crippen molar-refractivity contribution in [1.82, 2.24) is 15.0 Å². The van der Waals surface area contributed by atoms with E-state index in [1.807, 2.05) is 11.2 Å². The Kier molecular flexibility index (Phi) is 5.62. The predicted molar refractivity (Wildman–Crippen MR) is 117 cm³/mol. The number of hydrazine groups is 2. The molecular formula is C23H29N5O3. The van der Waals surface area contributed by atoms with Crippen LogP contribution in [0.1, 0.15) is 35.2 Å². The standard InChI is InChI=1S/C23H29N5O3/c1-30-23(29)18-11-17(12-25-13-18)16-2-3-22-19(10-16)14-27(24)28(22)21-4-7-26(15-21)20-5-8-31-9-6-20/h2-3,10-13,20-21H,4-9,14-15,24H2,1H3. The average molecular weight is 424 g/mol. The summed E-state index contributed by atoms with van der Waals surface area (Å²) in [5, 5.41) is 4.11. The maximum absolute atomic E-state index is 11.9. The molecule has 31 heavy (non-hydrogen) atoms. The van der Waals surface area contributed by atoms with E-state index in [4.69, 9.17) is 15.3 Å². The Bertz CT molecular complexity index is 962. The molecule has 1 unspecified atom stereocenters. The zero-order valence-electron chi connectivity index (χ0n) is 17.9. The molecular weight excluding hydrogens is 394 g/mol. The summed E-state index contributed by atoms with van der Waals surface area (Å²) < 4.78 is 10.3. The van der Waals surface area contributed by atoms with E-state index in [2.05, 4.69) is 33.1 Å². The third kappa shape index (κ3) is 3.92. The Morgan fingerprint density at radius 2 is 1.97 bits per heavy atom. The highest BCUT2D eigenvalue weighted by Crippen LogP contribution is 2.37. The van der Waals surface area contributed by atoms with Crippen molar-refractivity contribution in [3.8, 4) is 11.1 Å². The number of pyridine rings is 1. The molecule has 4 heterocycles. The molecule has 164 valence electrons. The largest absolute Gasteiger partial charge is 0.465 e. The number of carbonyl (C=O) groups excluding carboxylic acids is 1. The molecule has 0 bridgehead atoms. The smallest absolute Gasteiger partial charge is 0.339 e. The van der Waals surface area contributed by atoms with Gasteiger partial charge < -0.3 is 9.47 Å². The number of hydrogen-bond donors (Lipinski definition) is 1. The van der Waals surface area contributed by atoms with Crippen molar-refractivity contribution in [1.29, 1.82) is 0 Å². The highest BCUT2D eigenvalue weighted by Gasteiger charge is 2.37. The van der Waals surface area contributed by atoms with Gasteiger partial charge in [-0.15, -0.1) is 0 Å². The van der Waals surface area contributed by atoms with Gasteiger partial charge in [0.15, 0.2) is 0 Å². The lowest BCUT2D eigenvalue weighted by Crippen LogP contribution is -2.50. The molecule has 8 heteroatoms. The first-order valence-corrected chi connectivity index (χ1v) is 10.9. The van der Waals surface area contributed by atoms with E-state index in [0.29, 0.717) is 24.2 Å². The van der Waals surface area contributed by atoms with E-state index in [1.165, 1.54) is 24.6 Å². The van der Waals surface area contributed by atoms with E-state index in [-0.39, 0.29) is 5.97 Å². The van der Waals surface area contributed by atoms with Crippen molar-refractivity contribution in [3.05, 3.63) is 47.8 Å². The number of ether oxygens (including phenoxy) is 2. The van der Waals surface area contributed by atoms with Crippen LogP contribution in [0.15, 0.2) is 36.7 Å². The summed E-state index contributed by atoms with van der Waals surface area (Å²) in [6.45, 7) is 4.55. The number of likely N-dealkylation sites (tertiary alicyclic amines) is 1. The third-order valence-electron chi connectivity index (χ3n) is 6.68. The lowest BCUT2D eigenvalue weighted by Gasteiger charge is -2.34. The molecule has 3 aliphatic rings. The van der Waals surface area contributed by atoms with Crippen LogP contribution in [0.5, 0.6) is 0 Å². The maximum Gasteiger partial charge on any atom is 0.339 e. The highest BCUT2D eigenvalue weighted by atomic mass is 16.5. The van der Waals surface area contributed by atoms with Crippen molar-refractivity contribution in [2.75, 3.05) is 38.4 Å². The van der Waals surface area contributed by atoms with Gasteiger partial charge in [-0.3, -0.25) is 20.7 Å². The summed E-state index contributed by atoms with van der Waals surface area (Å²) in [7, 11) is 1.38. The van der Waals surface area contributed by atoms with Gasteiger partial charge in [0, 0.05) is 50.3 Å². The van der Waals surface area contributed by atoms with Crippen LogP contribution in [0.3, 0.4) is 0 Å². The van der Waals surface area contributed by atoms with Crippen molar-refractivity contribution in [2.45, 2.75) is 37.9 Å². The summed E-state index contributed by atoms with van der Waals surface area (Å²) in [4.78, 5) is 18.7. The second-order valence-corrected chi connectivity index (χ2v) is 8.52. The molecule has 0 saturated carbocycles. The van der Waals surface area contributed by atoms with Gasteiger partial charge in [-0.2, -0.15) is 5.12 Å². The molecule has 2 aromatic rings.